The quantitative estimate of drug-likeness (QED) is 0.0706. The Hall–Kier alpha value is -0.640. The molecule has 8 atom stereocenters. The maximum absolute atomic E-state index is 10.6. The maximum Gasteiger partial charge on any atom is 0.0900 e. The fraction of sp³-hybridized carbons (Fsp3) is 1.00. The molecule has 0 saturated carbocycles. The lowest BCUT2D eigenvalue weighted by Crippen LogP contribution is -2.51. The van der Waals surface area contributed by atoms with Crippen LogP contribution in [0.15, 0.2) is 0 Å². The number of aliphatic hydroxyl groups is 4. The van der Waals surface area contributed by atoms with Gasteiger partial charge in [-0.2, -0.15) is 0 Å². The Morgan fingerprint density at radius 2 is 0.593 bits per heavy atom. The van der Waals surface area contributed by atoms with Crippen LogP contribution in [-0.2, 0) is 28.4 Å². The molecule has 0 aromatic rings. The van der Waals surface area contributed by atoms with Gasteiger partial charge in [-0.3, -0.25) is 19.6 Å². The zero-order chi connectivity index (χ0) is 39.3. The molecule has 0 spiro atoms. The predicted molar refractivity (Wildman–Crippen MR) is 208 cm³/mol. The van der Waals surface area contributed by atoms with Crippen LogP contribution in [0.3, 0.4) is 0 Å². The number of piperazine rings is 3. The van der Waals surface area contributed by atoms with Gasteiger partial charge in [-0.25, -0.2) is 0 Å². The van der Waals surface area contributed by atoms with Crippen molar-refractivity contribution in [3.05, 3.63) is 0 Å². The van der Waals surface area contributed by atoms with Gasteiger partial charge in [0, 0.05) is 105 Å². The third kappa shape index (κ3) is 21.8. The SMILES string of the molecule is CC(COCC(O)CN1CCN(CC(O)COCC(C)OCC(C)OCC(O)CN2CCN(C)CC2)CC1)OCC(C)OCC(O)CN1CCN(C)CC1. The molecule has 3 rings (SSSR count). The number of nitrogens with zero attached hydrogens (tertiary/aromatic N) is 6. The van der Waals surface area contributed by atoms with Crippen molar-refractivity contribution in [2.45, 2.75) is 76.5 Å². The van der Waals surface area contributed by atoms with E-state index in [1.165, 1.54) is 0 Å². The molecule has 0 amide bonds. The maximum atomic E-state index is 10.6. The average molecular weight is 779 g/mol. The smallest absolute Gasteiger partial charge is 0.0900 e. The zero-order valence-corrected chi connectivity index (χ0v) is 34.5. The van der Waals surface area contributed by atoms with Gasteiger partial charge in [0.05, 0.1) is 102 Å². The Bertz CT molecular complexity index is 855. The molecule has 8 unspecified atom stereocenters. The van der Waals surface area contributed by atoms with Gasteiger partial charge in [0.2, 0.25) is 0 Å². The Balaban J connectivity index is 1.12. The van der Waals surface area contributed by atoms with Crippen molar-refractivity contribution in [3.8, 4) is 0 Å². The first kappa shape index (κ1) is 47.7. The lowest BCUT2D eigenvalue weighted by molar-refractivity contribution is -0.0837. The van der Waals surface area contributed by atoms with Crippen LogP contribution in [0.25, 0.3) is 0 Å². The van der Waals surface area contributed by atoms with Gasteiger partial charge in [0.1, 0.15) is 0 Å². The summed E-state index contributed by atoms with van der Waals surface area (Å²) in [7, 11) is 4.24. The summed E-state index contributed by atoms with van der Waals surface area (Å²) in [6, 6.07) is 0. The highest BCUT2D eigenvalue weighted by Crippen LogP contribution is 2.08. The van der Waals surface area contributed by atoms with Crippen LogP contribution in [-0.4, -0.2) is 270 Å². The van der Waals surface area contributed by atoms with Gasteiger partial charge in [-0.15, -0.1) is 0 Å². The van der Waals surface area contributed by atoms with Crippen molar-refractivity contribution in [1.29, 1.82) is 0 Å². The Morgan fingerprint density at radius 3 is 0.907 bits per heavy atom. The minimum atomic E-state index is -0.593. The van der Waals surface area contributed by atoms with Crippen molar-refractivity contribution < 1.29 is 48.8 Å². The van der Waals surface area contributed by atoms with Crippen molar-refractivity contribution in [1.82, 2.24) is 29.4 Å². The normalized spacial score (nSPS) is 23.9. The molecule has 16 heteroatoms. The second-order valence-electron chi connectivity index (χ2n) is 16.1. The van der Waals surface area contributed by atoms with Crippen molar-refractivity contribution in [2.75, 3.05) is 172 Å². The highest BCUT2D eigenvalue weighted by Gasteiger charge is 2.23. The second-order valence-corrected chi connectivity index (χ2v) is 16.1. The van der Waals surface area contributed by atoms with E-state index < -0.39 is 24.4 Å². The zero-order valence-electron chi connectivity index (χ0n) is 34.5. The van der Waals surface area contributed by atoms with Crippen molar-refractivity contribution in [2.24, 2.45) is 0 Å². The van der Waals surface area contributed by atoms with Crippen molar-refractivity contribution in [3.63, 3.8) is 0 Å². The number of aliphatic hydroxyl groups excluding tert-OH is 4. The Morgan fingerprint density at radius 1 is 0.352 bits per heavy atom. The molecule has 0 bridgehead atoms. The summed E-state index contributed by atoms with van der Waals surface area (Å²) in [6.45, 7) is 23.9. The van der Waals surface area contributed by atoms with Gasteiger partial charge >= 0.3 is 0 Å². The summed E-state index contributed by atoms with van der Waals surface area (Å²) in [5.74, 6) is 0. The molecule has 3 aliphatic heterocycles. The van der Waals surface area contributed by atoms with Gasteiger partial charge in [0.15, 0.2) is 0 Å². The first-order valence-electron chi connectivity index (χ1n) is 20.4. The predicted octanol–water partition coefficient (Wildman–Crippen LogP) is -1.80. The van der Waals surface area contributed by atoms with E-state index in [0.29, 0.717) is 52.6 Å². The third-order valence-corrected chi connectivity index (χ3v) is 10.2. The van der Waals surface area contributed by atoms with E-state index in [0.717, 1.165) is 78.5 Å². The second kappa shape index (κ2) is 27.1. The molecule has 320 valence electrons. The highest BCUT2D eigenvalue weighted by molar-refractivity contribution is 4.77. The van der Waals surface area contributed by atoms with Crippen LogP contribution < -0.4 is 0 Å². The van der Waals surface area contributed by atoms with E-state index in [-0.39, 0.29) is 50.8 Å². The monoisotopic (exact) mass is 779 g/mol. The molecule has 3 aliphatic rings. The minimum absolute atomic E-state index is 0.138. The summed E-state index contributed by atoms with van der Waals surface area (Å²) in [5, 5.41) is 41.8. The summed E-state index contributed by atoms with van der Waals surface area (Å²) in [4.78, 5) is 13.6. The van der Waals surface area contributed by atoms with E-state index in [2.05, 4.69) is 43.5 Å². The van der Waals surface area contributed by atoms with Crippen LogP contribution >= 0.6 is 0 Å². The number of hydrogen-bond acceptors (Lipinski definition) is 16. The minimum Gasteiger partial charge on any atom is -0.389 e. The van der Waals surface area contributed by atoms with E-state index in [9.17, 15) is 20.4 Å². The molecule has 3 heterocycles. The molecule has 0 aromatic heterocycles. The topological polar surface area (TPSA) is 156 Å². The van der Waals surface area contributed by atoms with Crippen LogP contribution in [0.5, 0.6) is 0 Å². The Labute approximate surface area is 326 Å². The number of likely N-dealkylation sites (N-methyl/N-ethyl adjacent to an activating group) is 2. The van der Waals surface area contributed by atoms with Gasteiger partial charge in [0.25, 0.3) is 0 Å². The van der Waals surface area contributed by atoms with Crippen molar-refractivity contribution >= 4 is 0 Å². The van der Waals surface area contributed by atoms with Crippen LogP contribution in [0.2, 0.25) is 0 Å². The fourth-order valence-corrected chi connectivity index (χ4v) is 6.70. The number of ether oxygens (including phenoxy) is 6. The van der Waals surface area contributed by atoms with Gasteiger partial charge < -0.3 is 58.6 Å². The molecule has 54 heavy (non-hydrogen) atoms. The molecule has 4 N–H and O–H groups in total. The van der Waals surface area contributed by atoms with Gasteiger partial charge in [-0.05, 0) is 41.8 Å². The fourth-order valence-electron chi connectivity index (χ4n) is 6.70. The largest absolute Gasteiger partial charge is 0.389 e. The molecule has 3 saturated heterocycles. The first-order chi connectivity index (χ1) is 25.8. The molecule has 0 aliphatic carbocycles. The lowest BCUT2D eigenvalue weighted by Gasteiger charge is -2.36. The molecule has 0 radical (unpaired) electrons. The molecule has 3 fully saturated rings. The lowest BCUT2D eigenvalue weighted by atomic mass is 10.2. The van der Waals surface area contributed by atoms with Crippen LogP contribution in [0, 0.1) is 0 Å². The van der Waals surface area contributed by atoms with E-state index in [1.807, 2.05) is 27.7 Å². The molecule has 16 nitrogen and oxygen atoms in total. The summed E-state index contributed by atoms with van der Waals surface area (Å²) in [5.41, 5.74) is 0. The standard InChI is InChI=1S/C38H78N6O10/c1-31(51-25-33(3)53-29-37(47)21-41-11-7-39(5)8-12-41)23-49-27-35(45)19-43-15-17-44(18-16-43)20-36(46)28-50-24-32(2)52-26-34(4)54-30-38(48)22-42-13-9-40(6)10-14-42/h31-38,45-48H,7-30H2,1-6H3. The summed E-state index contributed by atoms with van der Waals surface area (Å²) in [6.07, 6.45) is -2.77. The molecular weight excluding hydrogens is 700 g/mol. The van der Waals surface area contributed by atoms with Gasteiger partial charge in [-0.1, -0.05) is 0 Å². The number of β-amino-alcohol motifs (C(OH)–C–C–N with tert-alkyl or cyclic N) is 4. The Kier molecular flexibility index (Phi) is 24.0. The molecule has 0 aromatic carbocycles. The average Bonchev–Trinajstić information content (AvgIpc) is 3.14. The van der Waals surface area contributed by atoms with Crippen LogP contribution in [0.1, 0.15) is 27.7 Å². The summed E-state index contributed by atoms with van der Waals surface area (Å²) >= 11 is 0. The number of rotatable bonds is 28. The number of hydrogen-bond donors (Lipinski definition) is 4. The van der Waals surface area contributed by atoms with Crippen LogP contribution in [0.4, 0.5) is 0 Å². The van der Waals surface area contributed by atoms with E-state index in [1.54, 1.807) is 0 Å². The molecular formula is C38H78N6O10. The summed E-state index contributed by atoms with van der Waals surface area (Å²) < 4.78 is 34.8. The first-order valence-corrected chi connectivity index (χ1v) is 20.4. The highest BCUT2D eigenvalue weighted by atomic mass is 16.6. The third-order valence-electron chi connectivity index (χ3n) is 10.2. The van der Waals surface area contributed by atoms with E-state index >= 15 is 0 Å². The van der Waals surface area contributed by atoms with E-state index in [4.69, 9.17) is 28.4 Å².